The molecule has 1 fully saturated rings. The van der Waals surface area contributed by atoms with Crippen molar-refractivity contribution in [2.45, 2.75) is 74.6 Å². The van der Waals surface area contributed by atoms with Crippen LogP contribution in [0, 0.1) is 0 Å². The van der Waals surface area contributed by atoms with Gasteiger partial charge in [0.1, 0.15) is 0 Å². The third kappa shape index (κ3) is 6.13. The molecule has 0 radical (unpaired) electrons. The minimum Gasteiger partial charge on any atom is -0.356 e. The molecule has 0 saturated carbocycles. The Labute approximate surface area is 172 Å². The van der Waals surface area contributed by atoms with Gasteiger partial charge in [0.2, 0.25) is 11.8 Å². The maximum atomic E-state index is 12.4. The van der Waals surface area contributed by atoms with E-state index in [2.05, 4.69) is 47.2 Å². The number of hydrogen-bond donors (Lipinski definition) is 2. The van der Waals surface area contributed by atoms with Gasteiger partial charge in [0.05, 0.1) is 0 Å². The van der Waals surface area contributed by atoms with Crippen molar-refractivity contribution in [1.82, 2.24) is 10.6 Å². The number of benzene rings is 1. The highest BCUT2D eigenvalue weighted by Crippen LogP contribution is 2.30. The molecule has 1 aromatic rings. The SMILES string of the molecule is CSc1ccc(C[C@]2(CCC(=O)NCCC3=CCCCC3)CCC(=O)N2)cc1. The molecule has 0 bridgehead atoms. The van der Waals surface area contributed by atoms with E-state index >= 15 is 0 Å². The van der Waals surface area contributed by atoms with E-state index < -0.39 is 0 Å². The molecular formula is C23H32N2O2S. The van der Waals surface area contributed by atoms with Crippen LogP contribution in [-0.2, 0) is 16.0 Å². The van der Waals surface area contributed by atoms with E-state index in [1.807, 2.05) is 0 Å². The highest BCUT2D eigenvalue weighted by molar-refractivity contribution is 7.98. The maximum absolute atomic E-state index is 12.4. The van der Waals surface area contributed by atoms with Gasteiger partial charge in [0.15, 0.2) is 0 Å². The first kappa shape index (κ1) is 21.0. The number of amides is 2. The van der Waals surface area contributed by atoms with E-state index in [9.17, 15) is 9.59 Å². The Bertz CT molecular complexity index is 714. The summed E-state index contributed by atoms with van der Waals surface area (Å²) in [5.41, 5.74) is 2.41. The summed E-state index contributed by atoms with van der Waals surface area (Å²) in [4.78, 5) is 25.5. The number of thioether (sulfide) groups is 1. The molecule has 1 aromatic carbocycles. The predicted octanol–water partition coefficient (Wildman–Crippen LogP) is 4.39. The van der Waals surface area contributed by atoms with Gasteiger partial charge in [-0.25, -0.2) is 0 Å². The van der Waals surface area contributed by atoms with Crippen LogP contribution in [0.1, 0.15) is 63.4 Å². The molecule has 152 valence electrons. The summed E-state index contributed by atoms with van der Waals surface area (Å²) in [6.07, 6.45) is 13.6. The molecule has 1 saturated heterocycles. The van der Waals surface area contributed by atoms with Crippen molar-refractivity contribution in [3.63, 3.8) is 0 Å². The van der Waals surface area contributed by atoms with E-state index in [0.717, 1.165) is 25.8 Å². The third-order valence-electron chi connectivity index (χ3n) is 5.92. The zero-order valence-electron chi connectivity index (χ0n) is 16.9. The van der Waals surface area contributed by atoms with Crippen molar-refractivity contribution in [2.24, 2.45) is 0 Å². The zero-order valence-corrected chi connectivity index (χ0v) is 17.7. The Balaban J connectivity index is 1.49. The Morgan fingerprint density at radius 1 is 1.21 bits per heavy atom. The van der Waals surface area contributed by atoms with Crippen LogP contribution in [0.2, 0.25) is 0 Å². The Kier molecular flexibility index (Phi) is 7.60. The topological polar surface area (TPSA) is 58.2 Å². The lowest BCUT2D eigenvalue weighted by Gasteiger charge is -2.29. The second-order valence-electron chi connectivity index (χ2n) is 8.06. The van der Waals surface area contributed by atoms with E-state index in [0.29, 0.717) is 19.3 Å². The first-order chi connectivity index (χ1) is 13.6. The van der Waals surface area contributed by atoms with Crippen LogP contribution in [0.3, 0.4) is 0 Å². The fourth-order valence-electron chi connectivity index (χ4n) is 4.25. The summed E-state index contributed by atoms with van der Waals surface area (Å²) in [6, 6.07) is 8.51. The van der Waals surface area contributed by atoms with Gasteiger partial charge in [-0.15, -0.1) is 11.8 Å². The van der Waals surface area contributed by atoms with Crippen LogP contribution in [0.4, 0.5) is 0 Å². The van der Waals surface area contributed by atoms with Crippen LogP contribution in [0.5, 0.6) is 0 Å². The van der Waals surface area contributed by atoms with Crippen molar-refractivity contribution >= 4 is 23.6 Å². The molecule has 2 amide bonds. The van der Waals surface area contributed by atoms with Crippen molar-refractivity contribution < 1.29 is 9.59 Å². The Morgan fingerprint density at radius 3 is 2.68 bits per heavy atom. The quantitative estimate of drug-likeness (QED) is 0.477. The second kappa shape index (κ2) is 10.1. The molecule has 0 spiro atoms. The van der Waals surface area contributed by atoms with Gasteiger partial charge in [-0.2, -0.15) is 0 Å². The molecule has 3 rings (SSSR count). The lowest BCUT2D eigenvalue weighted by atomic mass is 9.85. The number of nitrogens with one attached hydrogen (secondary N) is 2. The molecule has 2 N–H and O–H groups in total. The van der Waals surface area contributed by atoms with Crippen LogP contribution in [0.15, 0.2) is 40.8 Å². The molecular weight excluding hydrogens is 368 g/mol. The monoisotopic (exact) mass is 400 g/mol. The predicted molar refractivity (Wildman–Crippen MR) is 115 cm³/mol. The van der Waals surface area contributed by atoms with Crippen LogP contribution in [-0.4, -0.2) is 30.2 Å². The summed E-state index contributed by atoms with van der Waals surface area (Å²) < 4.78 is 0. The van der Waals surface area contributed by atoms with E-state index in [4.69, 9.17) is 0 Å². The minimum absolute atomic E-state index is 0.0923. The third-order valence-corrected chi connectivity index (χ3v) is 6.66. The number of carbonyl (C=O) groups is 2. The highest BCUT2D eigenvalue weighted by atomic mass is 32.2. The van der Waals surface area contributed by atoms with E-state index in [1.54, 1.807) is 11.8 Å². The minimum atomic E-state index is -0.290. The fraction of sp³-hybridized carbons (Fsp3) is 0.565. The van der Waals surface area contributed by atoms with Gasteiger partial charge < -0.3 is 10.6 Å². The molecule has 5 heteroatoms. The van der Waals surface area contributed by atoms with Crippen molar-refractivity contribution in [1.29, 1.82) is 0 Å². The molecule has 0 unspecified atom stereocenters. The average Bonchev–Trinajstić information content (AvgIpc) is 3.08. The molecule has 1 heterocycles. The standard InChI is InChI=1S/C23H32N2O2S/c1-28-20-9-7-19(8-10-20)17-23(15-12-22(27)25-23)14-11-21(26)24-16-13-18-5-3-2-4-6-18/h5,7-10H,2-4,6,11-17H2,1H3,(H,24,26)(H,25,27)/t23-/m0/s1. The smallest absolute Gasteiger partial charge is 0.220 e. The molecule has 2 aliphatic rings. The van der Waals surface area contributed by atoms with Crippen LogP contribution < -0.4 is 10.6 Å². The molecule has 1 aliphatic heterocycles. The van der Waals surface area contributed by atoms with Crippen molar-refractivity contribution in [3.05, 3.63) is 41.5 Å². The summed E-state index contributed by atoms with van der Waals surface area (Å²) in [6.45, 7) is 0.722. The van der Waals surface area contributed by atoms with Gasteiger partial charge in [-0.3, -0.25) is 9.59 Å². The van der Waals surface area contributed by atoms with Gasteiger partial charge in [0, 0.05) is 29.8 Å². The van der Waals surface area contributed by atoms with Gasteiger partial charge in [-0.1, -0.05) is 23.8 Å². The molecule has 1 aliphatic carbocycles. The van der Waals surface area contributed by atoms with Crippen LogP contribution >= 0.6 is 11.8 Å². The Hall–Kier alpha value is -1.75. The van der Waals surface area contributed by atoms with Crippen molar-refractivity contribution in [2.75, 3.05) is 12.8 Å². The number of hydrogen-bond acceptors (Lipinski definition) is 3. The lowest BCUT2D eigenvalue weighted by molar-refractivity contribution is -0.122. The maximum Gasteiger partial charge on any atom is 0.220 e. The molecule has 28 heavy (non-hydrogen) atoms. The van der Waals surface area contributed by atoms with Gasteiger partial charge in [0.25, 0.3) is 0 Å². The van der Waals surface area contributed by atoms with Crippen LogP contribution in [0.25, 0.3) is 0 Å². The first-order valence-corrected chi connectivity index (χ1v) is 11.7. The normalized spacial score (nSPS) is 21.9. The van der Waals surface area contributed by atoms with Crippen molar-refractivity contribution in [3.8, 4) is 0 Å². The number of rotatable bonds is 9. The largest absolute Gasteiger partial charge is 0.356 e. The zero-order chi connectivity index (χ0) is 19.8. The average molecular weight is 401 g/mol. The summed E-state index contributed by atoms with van der Waals surface area (Å²) >= 11 is 1.73. The summed E-state index contributed by atoms with van der Waals surface area (Å²) in [5, 5.41) is 6.24. The Morgan fingerprint density at radius 2 is 2.04 bits per heavy atom. The lowest BCUT2D eigenvalue weighted by Crippen LogP contribution is -2.44. The van der Waals surface area contributed by atoms with Gasteiger partial charge in [-0.05, 0) is 75.3 Å². The summed E-state index contributed by atoms with van der Waals surface area (Å²) in [5.74, 6) is 0.194. The number of carbonyl (C=O) groups excluding carboxylic acids is 2. The first-order valence-electron chi connectivity index (χ1n) is 10.5. The summed E-state index contributed by atoms with van der Waals surface area (Å²) in [7, 11) is 0. The highest BCUT2D eigenvalue weighted by Gasteiger charge is 2.37. The molecule has 1 atom stereocenters. The number of allylic oxidation sites excluding steroid dienone is 1. The fourth-order valence-corrected chi connectivity index (χ4v) is 4.66. The van der Waals surface area contributed by atoms with E-state index in [-0.39, 0.29) is 17.4 Å². The van der Waals surface area contributed by atoms with E-state index in [1.165, 1.54) is 41.7 Å². The molecule has 0 aromatic heterocycles. The molecule has 4 nitrogen and oxygen atoms in total. The van der Waals surface area contributed by atoms with Gasteiger partial charge >= 0.3 is 0 Å². The second-order valence-corrected chi connectivity index (χ2v) is 8.94.